The third kappa shape index (κ3) is 3.43. The molecule has 0 spiro atoms. The summed E-state index contributed by atoms with van der Waals surface area (Å²) in [4.78, 5) is 19.4. The maximum Gasteiger partial charge on any atom is 0.261 e. The smallest absolute Gasteiger partial charge is 0.261 e. The van der Waals surface area contributed by atoms with Crippen LogP contribution in [0.3, 0.4) is 0 Å². The lowest BCUT2D eigenvalue weighted by Gasteiger charge is -2.30. The van der Waals surface area contributed by atoms with Crippen molar-refractivity contribution in [3.8, 4) is 0 Å². The number of carbonyl (C=O) groups is 1. The van der Waals surface area contributed by atoms with Gasteiger partial charge in [0.1, 0.15) is 10.8 Å². The fraction of sp³-hybridized carbons (Fsp3) is 0.400. The Labute approximate surface area is 151 Å². The number of benzene rings is 1. The average Bonchev–Trinajstić information content (AvgIpc) is 3.14. The highest BCUT2D eigenvalue weighted by atomic mass is 32.2. The number of hydrogen-bond donors (Lipinski definition) is 0. The van der Waals surface area contributed by atoms with E-state index in [9.17, 15) is 9.18 Å². The first-order chi connectivity index (χ1) is 12.2. The number of anilines is 1. The molecule has 5 heteroatoms. The second kappa shape index (κ2) is 7.16. The summed E-state index contributed by atoms with van der Waals surface area (Å²) >= 11 is 1.72. The number of pyridine rings is 1. The largest absolute Gasteiger partial charge is 0.308 e. The van der Waals surface area contributed by atoms with Gasteiger partial charge in [-0.25, -0.2) is 9.37 Å². The highest BCUT2D eigenvalue weighted by molar-refractivity contribution is 7.99. The first-order valence-electron chi connectivity index (χ1n) is 8.94. The van der Waals surface area contributed by atoms with Crippen LogP contribution < -0.4 is 4.90 Å². The molecule has 1 fully saturated rings. The summed E-state index contributed by atoms with van der Waals surface area (Å²) in [5, 5.41) is 1.36. The van der Waals surface area contributed by atoms with Crippen LogP contribution in [0.1, 0.15) is 48.0 Å². The number of rotatable bonds is 3. The van der Waals surface area contributed by atoms with E-state index in [0.717, 1.165) is 23.4 Å². The van der Waals surface area contributed by atoms with Crippen molar-refractivity contribution in [2.24, 2.45) is 0 Å². The lowest BCUT2D eigenvalue weighted by atomic mass is 10.0. The number of aryl methyl sites for hydroxylation is 1. The lowest BCUT2D eigenvalue weighted by molar-refractivity contribution is 0.0981. The van der Waals surface area contributed by atoms with E-state index >= 15 is 0 Å². The fourth-order valence-electron chi connectivity index (χ4n) is 3.72. The molecule has 1 saturated carbocycles. The molecule has 0 saturated heterocycles. The summed E-state index contributed by atoms with van der Waals surface area (Å²) in [7, 11) is 0. The predicted octanol–water partition coefficient (Wildman–Crippen LogP) is 4.85. The van der Waals surface area contributed by atoms with Gasteiger partial charge >= 0.3 is 0 Å². The van der Waals surface area contributed by atoms with E-state index < -0.39 is 0 Å². The van der Waals surface area contributed by atoms with Crippen LogP contribution in [0.5, 0.6) is 0 Å². The zero-order chi connectivity index (χ0) is 17.2. The molecule has 0 N–H and O–H groups in total. The van der Waals surface area contributed by atoms with Gasteiger partial charge in [-0.05, 0) is 55.5 Å². The van der Waals surface area contributed by atoms with Gasteiger partial charge in [-0.15, -0.1) is 11.8 Å². The van der Waals surface area contributed by atoms with Crippen molar-refractivity contribution in [3.63, 3.8) is 0 Å². The van der Waals surface area contributed by atoms with Crippen LogP contribution >= 0.6 is 11.8 Å². The van der Waals surface area contributed by atoms with Crippen molar-refractivity contribution in [1.29, 1.82) is 0 Å². The molecule has 0 atom stereocenters. The second-order valence-corrected chi connectivity index (χ2v) is 8.00. The molecule has 1 aliphatic carbocycles. The standard InChI is InChI=1S/C20H21FN2OS/c21-15-10-9-14-5-4-12-23(18(14)13-15)20(24)17-8-3-11-22-19(17)25-16-6-1-2-7-16/h3,8-11,13,16H,1-2,4-7,12H2. The quantitative estimate of drug-likeness (QED) is 0.788. The summed E-state index contributed by atoms with van der Waals surface area (Å²) in [6.45, 7) is 0.623. The number of amides is 1. The molecule has 1 aromatic carbocycles. The number of aromatic nitrogens is 1. The fourth-order valence-corrected chi connectivity index (χ4v) is 5.00. The normalized spacial score (nSPS) is 17.6. The van der Waals surface area contributed by atoms with Crippen LogP contribution in [0.15, 0.2) is 41.6 Å². The molecule has 1 aliphatic heterocycles. The minimum Gasteiger partial charge on any atom is -0.308 e. The van der Waals surface area contributed by atoms with Gasteiger partial charge in [0.05, 0.1) is 11.3 Å². The molecule has 2 aromatic rings. The average molecular weight is 356 g/mol. The molecule has 4 rings (SSSR count). The van der Waals surface area contributed by atoms with Gasteiger partial charge in [-0.2, -0.15) is 0 Å². The predicted molar refractivity (Wildman–Crippen MR) is 98.7 cm³/mol. The number of thioether (sulfide) groups is 1. The third-order valence-corrected chi connectivity index (χ3v) is 6.35. The molecule has 3 nitrogen and oxygen atoms in total. The Hall–Kier alpha value is -1.88. The summed E-state index contributed by atoms with van der Waals surface area (Å²) in [5.74, 6) is -0.370. The first-order valence-corrected chi connectivity index (χ1v) is 9.82. The van der Waals surface area contributed by atoms with Crippen LogP contribution in [0.4, 0.5) is 10.1 Å². The van der Waals surface area contributed by atoms with Gasteiger partial charge in [-0.3, -0.25) is 4.79 Å². The van der Waals surface area contributed by atoms with Crippen molar-refractivity contribution >= 4 is 23.4 Å². The van der Waals surface area contributed by atoms with Crippen LogP contribution in [-0.2, 0) is 6.42 Å². The zero-order valence-corrected chi connectivity index (χ0v) is 14.9. The molecule has 25 heavy (non-hydrogen) atoms. The van der Waals surface area contributed by atoms with E-state index in [1.54, 1.807) is 28.9 Å². The van der Waals surface area contributed by atoms with Crippen molar-refractivity contribution in [3.05, 3.63) is 53.5 Å². The Bertz CT molecular complexity index is 789. The molecule has 2 aliphatic rings. The topological polar surface area (TPSA) is 33.2 Å². The first kappa shape index (κ1) is 16.6. The Morgan fingerprint density at radius 2 is 2.04 bits per heavy atom. The van der Waals surface area contributed by atoms with Crippen molar-refractivity contribution in [2.45, 2.75) is 48.8 Å². The summed E-state index contributed by atoms with van der Waals surface area (Å²) in [6, 6.07) is 8.40. The summed E-state index contributed by atoms with van der Waals surface area (Å²) in [6.07, 6.45) is 8.42. The molecule has 0 radical (unpaired) electrons. The molecule has 1 aromatic heterocycles. The van der Waals surface area contributed by atoms with E-state index in [1.807, 2.05) is 12.1 Å². The number of halogens is 1. The number of nitrogens with zero attached hydrogens (tertiary/aromatic N) is 2. The molecular weight excluding hydrogens is 335 g/mol. The molecular formula is C20H21FN2OS. The maximum absolute atomic E-state index is 13.7. The molecule has 130 valence electrons. The van der Waals surface area contributed by atoms with Gasteiger partial charge in [0.2, 0.25) is 0 Å². The monoisotopic (exact) mass is 356 g/mol. The van der Waals surface area contributed by atoms with E-state index in [0.29, 0.717) is 23.0 Å². The number of fused-ring (bicyclic) bond motifs is 1. The minimum absolute atomic E-state index is 0.0693. The van der Waals surface area contributed by atoms with Gasteiger partial charge < -0.3 is 4.90 Å². The van der Waals surface area contributed by atoms with E-state index in [1.165, 1.54) is 37.8 Å². The lowest BCUT2D eigenvalue weighted by Crippen LogP contribution is -2.36. The van der Waals surface area contributed by atoms with E-state index in [2.05, 4.69) is 4.98 Å². The van der Waals surface area contributed by atoms with Crippen molar-refractivity contribution in [2.75, 3.05) is 11.4 Å². The molecule has 0 unspecified atom stereocenters. The highest BCUT2D eigenvalue weighted by Gasteiger charge is 2.27. The Balaban J connectivity index is 1.65. The van der Waals surface area contributed by atoms with Crippen LogP contribution in [0.2, 0.25) is 0 Å². The number of hydrogen-bond acceptors (Lipinski definition) is 3. The Morgan fingerprint density at radius 3 is 2.88 bits per heavy atom. The Morgan fingerprint density at radius 1 is 1.20 bits per heavy atom. The van der Waals surface area contributed by atoms with Crippen LogP contribution in [-0.4, -0.2) is 22.7 Å². The van der Waals surface area contributed by atoms with Crippen molar-refractivity contribution < 1.29 is 9.18 Å². The summed E-state index contributed by atoms with van der Waals surface area (Å²) < 4.78 is 13.7. The molecule has 0 bridgehead atoms. The summed E-state index contributed by atoms with van der Waals surface area (Å²) in [5.41, 5.74) is 2.38. The molecule has 2 heterocycles. The van der Waals surface area contributed by atoms with Gasteiger partial charge in [-0.1, -0.05) is 18.9 Å². The van der Waals surface area contributed by atoms with Gasteiger partial charge in [0.15, 0.2) is 0 Å². The molecule has 1 amide bonds. The van der Waals surface area contributed by atoms with Crippen LogP contribution in [0, 0.1) is 5.82 Å². The van der Waals surface area contributed by atoms with Gasteiger partial charge in [0.25, 0.3) is 5.91 Å². The Kier molecular flexibility index (Phi) is 4.75. The second-order valence-electron chi connectivity index (χ2n) is 6.71. The minimum atomic E-state index is -0.301. The maximum atomic E-state index is 13.7. The van der Waals surface area contributed by atoms with E-state index in [4.69, 9.17) is 0 Å². The van der Waals surface area contributed by atoms with Crippen molar-refractivity contribution in [1.82, 2.24) is 4.98 Å². The highest BCUT2D eigenvalue weighted by Crippen LogP contribution is 2.36. The van der Waals surface area contributed by atoms with Gasteiger partial charge in [0, 0.05) is 18.0 Å². The van der Waals surface area contributed by atoms with E-state index in [-0.39, 0.29) is 11.7 Å². The third-order valence-electron chi connectivity index (χ3n) is 4.99. The number of carbonyl (C=O) groups excluding carboxylic acids is 1. The zero-order valence-electron chi connectivity index (χ0n) is 14.1. The SMILES string of the molecule is O=C(c1cccnc1SC1CCCC1)N1CCCc2ccc(F)cc21. The van der Waals surface area contributed by atoms with Crippen LogP contribution in [0.25, 0.3) is 0 Å².